The average Bonchev–Trinajstić information content (AvgIpc) is 3.40. The zero-order valence-electron chi connectivity index (χ0n) is 15.8. The monoisotopic (exact) mass is 412 g/mol. The third-order valence-corrected chi connectivity index (χ3v) is 5.90. The van der Waals surface area contributed by atoms with Crippen LogP contribution in [-0.4, -0.2) is 17.6 Å². The Hall–Kier alpha value is -3.77. The number of carbonyl (C=O) groups excluding carboxylic acids is 2. The summed E-state index contributed by atoms with van der Waals surface area (Å²) in [5.74, 6) is -0.863. The topological polar surface area (TPSA) is 59.0 Å². The lowest BCUT2D eigenvalue weighted by Gasteiger charge is -2.18. The van der Waals surface area contributed by atoms with Gasteiger partial charge in [0, 0.05) is 5.56 Å². The first-order chi connectivity index (χ1) is 14.7. The molecule has 2 heterocycles. The Balaban J connectivity index is 1.49. The first-order valence-corrected chi connectivity index (χ1v) is 10.3. The van der Waals surface area contributed by atoms with Gasteiger partial charge in [0.25, 0.3) is 5.91 Å². The van der Waals surface area contributed by atoms with Crippen LogP contribution < -0.4 is 4.90 Å². The molecule has 0 saturated heterocycles. The third kappa shape index (κ3) is 3.17. The molecule has 0 fully saturated rings. The van der Waals surface area contributed by atoms with E-state index in [1.54, 1.807) is 22.4 Å². The minimum absolute atomic E-state index is 0.135. The van der Waals surface area contributed by atoms with Gasteiger partial charge in [0.1, 0.15) is 4.88 Å². The molecule has 3 aromatic carbocycles. The normalized spacial score (nSPS) is 14.3. The van der Waals surface area contributed by atoms with Crippen molar-refractivity contribution in [2.24, 2.45) is 5.16 Å². The van der Waals surface area contributed by atoms with Crippen molar-refractivity contribution in [3.8, 4) is 0 Å². The molecule has 0 unspecified atom stereocenters. The number of carbonyl (C=O) groups is 2. The fraction of sp³-hybridized carbons (Fsp3) is 0.0417. The number of anilines is 1. The highest BCUT2D eigenvalue weighted by atomic mass is 32.1. The fourth-order valence-electron chi connectivity index (χ4n) is 3.63. The smallest absolute Gasteiger partial charge is 0.311 e. The number of hydrogen-bond donors (Lipinski definition) is 0. The molecule has 0 N–H and O–H groups in total. The number of nitrogens with zero attached hydrogens (tertiary/aromatic N) is 2. The van der Waals surface area contributed by atoms with Gasteiger partial charge in [0.2, 0.25) is 0 Å². The maximum atomic E-state index is 13.2. The van der Waals surface area contributed by atoms with Gasteiger partial charge in [-0.15, -0.1) is 11.3 Å². The van der Waals surface area contributed by atoms with Crippen molar-refractivity contribution in [2.45, 2.75) is 6.54 Å². The van der Waals surface area contributed by atoms with E-state index in [9.17, 15) is 9.59 Å². The molecule has 1 aliphatic rings. The Morgan fingerprint density at radius 2 is 1.73 bits per heavy atom. The van der Waals surface area contributed by atoms with E-state index < -0.39 is 5.97 Å². The van der Waals surface area contributed by atoms with E-state index in [4.69, 9.17) is 4.84 Å². The number of fused-ring (bicyclic) bond motifs is 2. The lowest BCUT2D eigenvalue weighted by atomic mass is 10.0. The quantitative estimate of drug-likeness (QED) is 0.350. The third-order valence-electron chi connectivity index (χ3n) is 5.05. The van der Waals surface area contributed by atoms with Crippen molar-refractivity contribution < 1.29 is 14.4 Å². The second-order valence-electron chi connectivity index (χ2n) is 6.84. The van der Waals surface area contributed by atoms with Gasteiger partial charge in [-0.25, -0.2) is 4.79 Å². The number of benzene rings is 3. The summed E-state index contributed by atoms with van der Waals surface area (Å²) < 4.78 is 0. The predicted octanol–water partition coefficient (Wildman–Crippen LogP) is 5.01. The Labute approximate surface area is 176 Å². The molecule has 0 saturated carbocycles. The van der Waals surface area contributed by atoms with E-state index in [0.29, 0.717) is 17.0 Å². The summed E-state index contributed by atoms with van der Waals surface area (Å²) in [5.41, 5.74) is 2.58. The van der Waals surface area contributed by atoms with Crippen LogP contribution >= 0.6 is 11.3 Å². The van der Waals surface area contributed by atoms with Gasteiger partial charge in [0.05, 0.1) is 12.2 Å². The highest BCUT2D eigenvalue weighted by molar-refractivity contribution is 7.11. The molecule has 6 heteroatoms. The number of amides is 1. The Kier molecular flexibility index (Phi) is 4.61. The van der Waals surface area contributed by atoms with Crippen molar-refractivity contribution in [3.05, 3.63) is 100 Å². The van der Waals surface area contributed by atoms with E-state index in [1.807, 2.05) is 48.5 Å². The number of thiophene rings is 1. The molecule has 0 spiro atoms. The second-order valence-corrected chi connectivity index (χ2v) is 7.79. The number of hydrogen-bond acceptors (Lipinski definition) is 5. The molecule has 1 aliphatic heterocycles. The zero-order chi connectivity index (χ0) is 20.5. The number of rotatable bonds is 4. The molecule has 0 bridgehead atoms. The van der Waals surface area contributed by atoms with Crippen LogP contribution in [0, 0.1) is 0 Å². The Morgan fingerprint density at radius 3 is 2.60 bits per heavy atom. The van der Waals surface area contributed by atoms with Crippen LogP contribution in [0.15, 0.2) is 89.4 Å². The van der Waals surface area contributed by atoms with Crippen molar-refractivity contribution in [1.82, 2.24) is 0 Å². The van der Waals surface area contributed by atoms with Gasteiger partial charge in [-0.1, -0.05) is 71.9 Å². The first-order valence-electron chi connectivity index (χ1n) is 9.43. The van der Waals surface area contributed by atoms with Crippen LogP contribution in [0.4, 0.5) is 5.69 Å². The van der Waals surface area contributed by atoms with Crippen molar-refractivity contribution in [2.75, 3.05) is 4.90 Å². The lowest BCUT2D eigenvalue weighted by Crippen LogP contribution is -2.30. The van der Waals surface area contributed by atoms with Gasteiger partial charge < -0.3 is 9.74 Å². The van der Waals surface area contributed by atoms with Gasteiger partial charge in [0.15, 0.2) is 5.71 Å². The molecule has 0 aliphatic carbocycles. The molecule has 146 valence electrons. The molecule has 0 radical (unpaired) electrons. The largest absolute Gasteiger partial charge is 0.375 e. The van der Waals surface area contributed by atoms with Gasteiger partial charge in [-0.2, -0.15) is 0 Å². The minimum Gasteiger partial charge on any atom is -0.311 e. The molecule has 30 heavy (non-hydrogen) atoms. The highest BCUT2D eigenvalue weighted by Crippen LogP contribution is 2.32. The van der Waals surface area contributed by atoms with Gasteiger partial charge >= 0.3 is 5.97 Å². The van der Waals surface area contributed by atoms with E-state index in [1.165, 1.54) is 11.3 Å². The van der Waals surface area contributed by atoms with Crippen LogP contribution in [-0.2, 0) is 16.2 Å². The second kappa shape index (κ2) is 7.57. The summed E-state index contributed by atoms with van der Waals surface area (Å²) in [6.45, 7) is 0.398. The van der Waals surface area contributed by atoms with E-state index in [0.717, 1.165) is 22.0 Å². The molecular formula is C24H16N2O3S. The van der Waals surface area contributed by atoms with Crippen LogP contribution in [0.3, 0.4) is 0 Å². The number of para-hydroxylation sites is 1. The van der Waals surface area contributed by atoms with Crippen LogP contribution in [0.2, 0.25) is 0 Å². The Morgan fingerprint density at radius 1 is 0.933 bits per heavy atom. The maximum absolute atomic E-state index is 13.2. The maximum Gasteiger partial charge on any atom is 0.375 e. The van der Waals surface area contributed by atoms with E-state index >= 15 is 0 Å². The molecule has 5 rings (SSSR count). The molecule has 1 amide bonds. The molecule has 5 nitrogen and oxygen atoms in total. The van der Waals surface area contributed by atoms with Gasteiger partial charge in [-0.05, 0) is 33.8 Å². The Bertz CT molecular complexity index is 1290. The lowest BCUT2D eigenvalue weighted by molar-refractivity contribution is -0.112. The molecular weight excluding hydrogens is 396 g/mol. The fourth-order valence-corrected chi connectivity index (χ4v) is 4.23. The SMILES string of the molecule is O=C(O/N=C1\C(=O)N(Cc2cccc3ccccc23)c2ccccc21)c1cccs1. The zero-order valence-corrected chi connectivity index (χ0v) is 16.6. The minimum atomic E-state index is -0.574. The molecule has 4 aromatic rings. The highest BCUT2D eigenvalue weighted by Gasteiger charge is 2.35. The van der Waals surface area contributed by atoms with E-state index in [2.05, 4.69) is 23.4 Å². The van der Waals surface area contributed by atoms with Crippen molar-refractivity contribution in [1.29, 1.82) is 0 Å². The number of oxime groups is 1. The summed E-state index contributed by atoms with van der Waals surface area (Å²) in [6, 6.07) is 25.0. The van der Waals surface area contributed by atoms with Crippen LogP contribution in [0.25, 0.3) is 10.8 Å². The van der Waals surface area contributed by atoms with Crippen LogP contribution in [0.1, 0.15) is 20.8 Å². The van der Waals surface area contributed by atoms with Crippen LogP contribution in [0.5, 0.6) is 0 Å². The average molecular weight is 412 g/mol. The first kappa shape index (κ1) is 18.3. The molecule has 0 atom stereocenters. The van der Waals surface area contributed by atoms with Gasteiger partial charge in [-0.3, -0.25) is 4.79 Å². The summed E-state index contributed by atoms with van der Waals surface area (Å²) in [4.78, 5) is 32.6. The summed E-state index contributed by atoms with van der Waals surface area (Å²) in [6.07, 6.45) is 0. The van der Waals surface area contributed by atoms with Crippen molar-refractivity contribution in [3.63, 3.8) is 0 Å². The predicted molar refractivity (Wildman–Crippen MR) is 118 cm³/mol. The summed E-state index contributed by atoms with van der Waals surface area (Å²) >= 11 is 1.26. The van der Waals surface area contributed by atoms with E-state index in [-0.39, 0.29) is 11.6 Å². The molecule has 1 aromatic heterocycles. The summed E-state index contributed by atoms with van der Waals surface area (Å²) in [5, 5.41) is 7.94. The standard InChI is InChI=1S/C24H16N2O3S/c27-23-22(25-29-24(28)21-13-6-14-30-21)19-11-3-4-12-20(19)26(23)15-17-9-5-8-16-7-1-2-10-18(16)17/h1-14H,15H2/b25-22-. The summed E-state index contributed by atoms with van der Waals surface area (Å²) in [7, 11) is 0. The van der Waals surface area contributed by atoms with Crippen molar-refractivity contribution >= 4 is 45.4 Å².